The first kappa shape index (κ1) is 8.63. The predicted molar refractivity (Wildman–Crippen MR) is 51.5 cm³/mol. The Labute approximate surface area is 78.6 Å². The average molecular weight is 177 g/mol. The molecule has 0 unspecified atom stereocenters. The summed E-state index contributed by atoms with van der Waals surface area (Å²) >= 11 is 0. The van der Waals surface area contributed by atoms with Gasteiger partial charge in [0.25, 0.3) is 0 Å². The van der Waals surface area contributed by atoms with Gasteiger partial charge in [0.2, 0.25) is 0 Å². The third-order valence-electron chi connectivity index (χ3n) is 2.77. The minimum atomic E-state index is 0.460. The molecule has 13 heavy (non-hydrogen) atoms. The molecule has 2 rings (SSSR count). The highest BCUT2D eigenvalue weighted by Gasteiger charge is 2.19. The zero-order valence-electron chi connectivity index (χ0n) is 8.17. The maximum Gasteiger partial charge on any atom is 0.116 e. The highest BCUT2D eigenvalue weighted by Crippen LogP contribution is 2.24. The third-order valence-corrected chi connectivity index (χ3v) is 2.77. The fourth-order valence-electron chi connectivity index (χ4n) is 1.83. The van der Waals surface area contributed by atoms with E-state index in [2.05, 4.69) is 22.2 Å². The summed E-state index contributed by atoms with van der Waals surface area (Å²) in [6, 6.07) is 0.460. The van der Waals surface area contributed by atoms with Crippen LogP contribution in [0.5, 0.6) is 0 Å². The average Bonchev–Trinajstić information content (AvgIpc) is 2.62. The van der Waals surface area contributed by atoms with Crippen LogP contribution in [0.25, 0.3) is 0 Å². The van der Waals surface area contributed by atoms with Crippen molar-refractivity contribution in [1.82, 2.24) is 15.3 Å². The Balaban J connectivity index is 2.33. The lowest BCUT2D eigenvalue weighted by molar-refractivity contribution is 0.619. The molecule has 0 saturated carbocycles. The highest BCUT2D eigenvalue weighted by molar-refractivity contribution is 5.25. The number of hydrogen-bond acceptors (Lipinski definition) is 3. The molecule has 1 saturated heterocycles. The number of nitrogens with zero attached hydrogens (tertiary/aromatic N) is 2. The molecule has 0 amide bonds. The molecule has 0 aromatic carbocycles. The molecule has 0 bridgehead atoms. The van der Waals surface area contributed by atoms with Crippen molar-refractivity contribution in [3.05, 3.63) is 23.3 Å². The third kappa shape index (κ3) is 1.56. The van der Waals surface area contributed by atoms with Crippen LogP contribution in [0, 0.1) is 13.8 Å². The molecule has 0 spiro atoms. The van der Waals surface area contributed by atoms with Crippen LogP contribution >= 0.6 is 0 Å². The van der Waals surface area contributed by atoms with Crippen LogP contribution in [0.4, 0.5) is 0 Å². The molecule has 1 N–H and O–H groups in total. The van der Waals surface area contributed by atoms with E-state index >= 15 is 0 Å². The van der Waals surface area contributed by atoms with Gasteiger partial charge in [-0.25, -0.2) is 9.97 Å². The fraction of sp³-hybridized carbons (Fsp3) is 0.600. The van der Waals surface area contributed by atoms with E-state index in [1.807, 2.05) is 6.92 Å². The Morgan fingerprint density at radius 1 is 1.38 bits per heavy atom. The van der Waals surface area contributed by atoms with Crippen LogP contribution in [0.2, 0.25) is 0 Å². The Kier molecular flexibility index (Phi) is 2.27. The molecule has 1 aromatic rings. The molecule has 1 aromatic heterocycles. The van der Waals surface area contributed by atoms with Gasteiger partial charge in [-0.1, -0.05) is 0 Å². The number of aromatic nitrogens is 2. The lowest BCUT2D eigenvalue weighted by Gasteiger charge is -2.12. The summed E-state index contributed by atoms with van der Waals surface area (Å²) in [5.41, 5.74) is 3.52. The molecular formula is C10H15N3. The Morgan fingerprint density at radius 3 is 2.92 bits per heavy atom. The number of nitrogens with one attached hydrogen (secondary N) is 1. The van der Waals surface area contributed by atoms with Gasteiger partial charge in [-0.05, 0) is 38.8 Å². The topological polar surface area (TPSA) is 37.8 Å². The molecule has 1 aliphatic rings. The number of hydrogen-bond donors (Lipinski definition) is 1. The van der Waals surface area contributed by atoms with Crippen molar-refractivity contribution in [2.75, 3.05) is 6.54 Å². The highest BCUT2D eigenvalue weighted by atomic mass is 15.0. The molecule has 2 heterocycles. The lowest BCUT2D eigenvalue weighted by atomic mass is 10.1. The normalized spacial score (nSPS) is 22.2. The Morgan fingerprint density at radius 2 is 2.23 bits per heavy atom. The van der Waals surface area contributed by atoms with E-state index in [1.54, 1.807) is 6.33 Å². The second kappa shape index (κ2) is 3.42. The van der Waals surface area contributed by atoms with Crippen molar-refractivity contribution in [2.24, 2.45) is 0 Å². The largest absolute Gasteiger partial charge is 0.309 e. The molecule has 1 atom stereocenters. The van der Waals surface area contributed by atoms with E-state index in [-0.39, 0.29) is 0 Å². The molecule has 3 nitrogen and oxygen atoms in total. The van der Waals surface area contributed by atoms with Crippen LogP contribution in [-0.2, 0) is 0 Å². The van der Waals surface area contributed by atoms with Gasteiger partial charge in [-0.3, -0.25) is 0 Å². The molecule has 0 radical (unpaired) electrons. The standard InChI is InChI=1S/C10H15N3/c1-7-8(2)12-6-13-10(7)9-4-3-5-11-9/h6,9,11H,3-5H2,1-2H3/t9-/m0/s1. The summed E-state index contributed by atoms with van der Waals surface area (Å²) in [4.78, 5) is 8.52. The maximum atomic E-state index is 4.35. The lowest BCUT2D eigenvalue weighted by Crippen LogP contribution is -2.16. The van der Waals surface area contributed by atoms with E-state index in [9.17, 15) is 0 Å². The minimum absolute atomic E-state index is 0.460. The van der Waals surface area contributed by atoms with Gasteiger partial charge >= 0.3 is 0 Å². The van der Waals surface area contributed by atoms with Crippen LogP contribution in [-0.4, -0.2) is 16.5 Å². The van der Waals surface area contributed by atoms with Crippen molar-refractivity contribution >= 4 is 0 Å². The predicted octanol–water partition coefficient (Wildman–Crippen LogP) is 1.52. The second-order valence-electron chi connectivity index (χ2n) is 3.62. The van der Waals surface area contributed by atoms with E-state index in [0.717, 1.165) is 12.2 Å². The SMILES string of the molecule is Cc1ncnc([C@@H]2CCCN2)c1C. The van der Waals surface area contributed by atoms with Gasteiger partial charge in [0.1, 0.15) is 6.33 Å². The van der Waals surface area contributed by atoms with Crippen molar-refractivity contribution < 1.29 is 0 Å². The maximum absolute atomic E-state index is 4.35. The summed E-state index contributed by atoms with van der Waals surface area (Å²) in [7, 11) is 0. The van der Waals surface area contributed by atoms with Crippen molar-refractivity contribution in [1.29, 1.82) is 0 Å². The second-order valence-corrected chi connectivity index (χ2v) is 3.62. The zero-order valence-corrected chi connectivity index (χ0v) is 8.17. The fourth-order valence-corrected chi connectivity index (χ4v) is 1.83. The molecule has 70 valence electrons. The molecular weight excluding hydrogens is 162 g/mol. The van der Waals surface area contributed by atoms with E-state index < -0.39 is 0 Å². The minimum Gasteiger partial charge on any atom is -0.309 e. The molecule has 1 aliphatic heterocycles. The van der Waals surface area contributed by atoms with Gasteiger partial charge in [0.05, 0.1) is 5.69 Å². The van der Waals surface area contributed by atoms with Gasteiger partial charge in [0.15, 0.2) is 0 Å². The van der Waals surface area contributed by atoms with Gasteiger partial charge in [-0.2, -0.15) is 0 Å². The smallest absolute Gasteiger partial charge is 0.116 e. The summed E-state index contributed by atoms with van der Waals surface area (Å²) in [5, 5.41) is 3.45. The monoisotopic (exact) mass is 177 g/mol. The van der Waals surface area contributed by atoms with Crippen LogP contribution in [0.3, 0.4) is 0 Å². The Bertz CT molecular complexity index is 303. The van der Waals surface area contributed by atoms with E-state index in [1.165, 1.54) is 24.1 Å². The van der Waals surface area contributed by atoms with Crippen LogP contribution in [0.15, 0.2) is 6.33 Å². The van der Waals surface area contributed by atoms with Crippen molar-refractivity contribution in [3.63, 3.8) is 0 Å². The van der Waals surface area contributed by atoms with Crippen molar-refractivity contribution in [3.8, 4) is 0 Å². The Hall–Kier alpha value is -0.960. The molecule has 0 aliphatic carbocycles. The first-order chi connectivity index (χ1) is 6.29. The summed E-state index contributed by atoms with van der Waals surface area (Å²) in [6.45, 7) is 5.26. The summed E-state index contributed by atoms with van der Waals surface area (Å²) in [6.07, 6.45) is 4.13. The first-order valence-corrected chi connectivity index (χ1v) is 4.80. The van der Waals surface area contributed by atoms with Gasteiger partial charge in [0, 0.05) is 11.7 Å². The number of rotatable bonds is 1. The van der Waals surface area contributed by atoms with Gasteiger partial charge < -0.3 is 5.32 Å². The quantitative estimate of drug-likeness (QED) is 0.706. The van der Waals surface area contributed by atoms with Crippen molar-refractivity contribution in [2.45, 2.75) is 32.7 Å². The number of aryl methyl sites for hydroxylation is 1. The zero-order chi connectivity index (χ0) is 9.26. The van der Waals surface area contributed by atoms with E-state index in [0.29, 0.717) is 6.04 Å². The molecule has 3 heteroatoms. The van der Waals surface area contributed by atoms with Crippen LogP contribution in [0.1, 0.15) is 35.8 Å². The van der Waals surface area contributed by atoms with Gasteiger partial charge in [-0.15, -0.1) is 0 Å². The van der Waals surface area contributed by atoms with Crippen LogP contribution < -0.4 is 5.32 Å². The summed E-state index contributed by atoms with van der Waals surface area (Å²) in [5.74, 6) is 0. The first-order valence-electron chi connectivity index (χ1n) is 4.80. The van der Waals surface area contributed by atoms with E-state index in [4.69, 9.17) is 0 Å². The molecule has 1 fully saturated rings. The summed E-state index contributed by atoms with van der Waals surface area (Å²) < 4.78 is 0.